The van der Waals surface area contributed by atoms with Gasteiger partial charge in [0.15, 0.2) is 5.84 Å². The minimum Gasteiger partial charge on any atom is -0.382 e. The first-order valence-corrected chi connectivity index (χ1v) is 5.79. The van der Waals surface area contributed by atoms with Crippen molar-refractivity contribution in [1.29, 1.82) is 10.7 Å². The van der Waals surface area contributed by atoms with Crippen LogP contribution < -0.4 is 11.2 Å². The van der Waals surface area contributed by atoms with Gasteiger partial charge in [0.05, 0.1) is 16.0 Å². The molecule has 0 aliphatic carbocycles. The van der Waals surface area contributed by atoms with Crippen molar-refractivity contribution < 1.29 is 4.92 Å². The first-order chi connectivity index (χ1) is 10.0. The number of nitriles is 1. The van der Waals surface area contributed by atoms with Crippen LogP contribution in [-0.2, 0) is 0 Å². The highest BCUT2D eigenvalue weighted by Crippen LogP contribution is 2.30. The summed E-state index contributed by atoms with van der Waals surface area (Å²) in [5.41, 5.74) is 7.99. The van der Waals surface area contributed by atoms with Crippen molar-refractivity contribution in [2.45, 2.75) is 0 Å². The van der Waals surface area contributed by atoms with E-state index in [9.17, 15) is 10.1 Å². The predicted octanol–water partition coefficient (Wildman–Crippen LogP) is 1.98. The number of amidine groups is 1. The van der Waals surface area contributed by atoms with Crippen LogP contribution in [0.2, 0.25) is 0 Å². The highest BCUT2D eigenvalue weighted by Gasteiger charge is 2.12. The molecular formula is C13H10N6O2. The predicted molar refractivity (Wildman–Crippen MR) is 79.2 cm³/mol. The van der Waals surface area contributed by atoms with Gasteiger partial charge in [0.2, 0.25) is 5.71 Å². The van der Waals surface area contributed by atoms with Gasteiger partial charge in [0.25, 0.3) is 5.69 Å². The van der Waals surface area contributed by atoms with Crippen LogP contribution in [0.25, 0.3) is 10.8 Å². The van der Waals surface area contributed by atoms with Crippen molar-refractivity contribution in [3.63, 3.8) is 0 Å². The standard InChI is InChI=1S/C13H10N6O2/c14-7-11(13(15)16)18-17-10-5-1-4-9-8(10)3-2-6-12(9)19(20)21/h1-6,17H,(H3,15,16)/b18-11+. The molecular weight excluding hydrogens is 272 g/mol. The zero-order valence-corrected chi connectivity index (χ0v) is 10.7. The summed E-state index contributed by atoms with van der Waals surface area (Å²) in [6.07, 6.45) is 0. The Hall–Kier alpha value is -3.47. The van der Waals surface area contributed by atoms with Gasteiger partial charge in [-0.2, -0.15) is 10.4 Å². The Morgan fingerprint density at radius 2 is 2.00 bits per heavy atom. The van der Waals surface area contributed by atoms with Crippen LogP contribution >= 0.6 is 0 Å². The number of hydrogen-bond acceptors (Lipinski definition) is 6. The first kappa shape index (κ1) is 14.0. The van der Waals surface area contributed by atoms with Crippen LogP contribution in [0.5, 0.6) is 0 Å². The average Bonchev–Trinajstić information content (AvgIpc) is 2.46. The van der Waals surface area contributed by atoms with Crippen molar-refractivity contribution in [2.75, 3.05) is 5.43 Å². The zero-order chi connectivity index (χ0) is 15.4. The first-order valence-electron chi connectivity index (χ1n) is 5.79. The van der Waals surface area contributed by atoms with Gasteiger partial charge >= 0.3 is 0 Å². The van der Waals surface area contributed by atoms with E-state index in [1.807, 2.05) is 0 Å². The number of benzene rings is 2. The average molecular weight is 282 g/mol. The summed E-state index contributed by atoms with van der Waals surface area (Å²) in [5.74, 6) is -0.462. The second kappa shape index (κ2) is 5.66. The van der Waals surface area contributed by atoms with Crippen LogP contribution in [0.4, 0.5) is 11.4 Å². The van der Waals surface area contributed by atoms with E-state index in [4.69, 9.17) is 16.4 Å². The van der Waals surface area contributed by atoms with E-state index < -0.39 is 10.8 Å². The second-order valence-corrected chi connectivity index (χ2v) is 4.03. The SMILES string of the molecule is N#C/C(=N\Nc1cccc2c([N+](=O)[O-])cccc12)C(=N)N. The molecule has 0 fully saturated rings. The minimum atomic E-state index is -0.467. The number of nitrogens with one attached hydrogen (secondary N) is 2. The van der Waals surface area contributed by atoms with E-state index in [-0.39, 0.29) is 11.4 Å². The summed E-state index contributed by atoms with van der Waals surface area (Å²) >= 11 is 0. The molecule has 0 aliphatic heterocycles. The largest absolute Gasteiger partial charge is 0.382 e. The number of non-ortho nitro benzene ring substituents is 1. The monoisotopic (exact) mass is 282 g/mol. The number of fused-ring (bicyclic) bond motifs is 1. The molecule has 0 heterocycles. The fourth-order valence-electron chi connectivity index (χ4n) is 1.81. The fourth-order valence-corrected chi connectivity index (χ4v) is 1.81. The van der Waals surface area contributed by atoms with Crippen LogP contribution in [0.15, 0.2) is 41.5 Å². The molecule has 2 aromatic rings. The van der Waals surface area contributed by atoms with Gasteiger partial charge in [0, 0.05) is 11.5 Å². The maximum absolute atomic E-state index is 11.0. The molecule has 0 atom stereocenters. The van der Waals surface area contributed by atoms with E-state index in [0.717, 1.165) is 0 Å². The molecule has 0 bridgehead atoms. The molecule has 0 amide bonds. The zero-order valence-electron chi connectivity index (χ0n) is 10.7. The molecule has 8 heteroatoms. The Labute approximate surface area is 119 Å². The fraction of sp³-hybridized carbons (Fsp3) is 0. The van der Waals surface area contributed by atoms with Crippen molar-refractivity contribution in [3.05, 3.63) is 46.5 Å². The summed E-state index contributed by atoms with van der Waals surface area (Å²) in [4.78, 5) is 10.5. The Balaban J connectivity index is 2.52. The van der Waals surface area contributed by atoms with Gasteiger partial charge in [0.1, 0.15) is 6.07 Å². The van der Waals surface area contributed by atoms with Crippen molar-refractivity contribution in [2.24, 2.45) is 10.8 Å². The molecule has 0 saturated heterocycles. The van der Waals surface area contributed by atoms with Crippen LogP contribution in [-0.4, -0.2) is 16.5 Å². The third-order valence-electron chi connectivity index (χ3n) is 2.74. The number of hydrazone groups is 1. The highest BCUT2D eigenvalue weighted by molar-refractivity contribution is 6.45. The van der Waals surface area contributed by atoms with Crippen LogP contribution in [0.1, 0.15) is 0 Å². The van der Waals surface area contributed by atoms with E-state index in [0.29, 0.717) is 16.5 Å². The lowest BCUT2D eigenvalue weighted by molar-refractivity contribution is -0.383. The van der Waals surface area contributed by atoms with Crippen molar-refractivity contribution in [1.82, 2.24) is 0 Å². The highest BCUT2D eigenvalue weighted by atomic mass is 16.6. The topological polar surface area (TPSA) is 141 Å². The van der Waals surface area contributed by atoms with Gasteiger partial charge < -0.3 is 5.73 Å². The summed E-state index contributed by atoms with van der Waals surface area (Å²) in [6.45, 7) is 0. The molecule has 0 unspecified atom stereocenters. The molecule has 2 aromatic carbocycles. The second-order valence-electron chi connectivity index (χ2n) is 4.03. The molecule has 21 heavy (non-hydrogen) atoms. The van der Waals surface area contributed by atoms with Crippen LogP contribution in [0, 0.1) is 26.9 Å². The molecule has 0 radical (unpaired) electrons. The third kappa shape index (κ3) is 2.76. The lowest BCUT2D eigenvalue weighted by Crippen LogP contribution is -2.21. The van der Waals surface area contributed by atoms with Crippen molar-refractivity contribution >= 4 is 33.7 Å². The van der Waals surface area contributed by atoms with Crippen molar-refractivity contribution in [3.8, 4) is 6.07 Å². The smallest absolute Gasteiger partial charge is 0.277 e. The number of anilines is 1. The maximum Gasteiger partial charge on any atom is 0.277 e. The summed E-state index contributed by atoms with van der Waals surface area (Å²) < 4.78 is 0. The number of nitrogens with two attached hydrogens (primary N) is 1. The number of hydrogen-bond donors (Lipinski definition) is 3. The van der Waals surface area contributed by atoms with E-state index in [1.54, 1.807) is 36.4 Å². The van der Waals surface area contributed by atoms with Gasteiger partial charge in [-0.3, -0.25) is 20.9 Å². The van der Waals surface area contributed by atoms with Crippen LogP contribution in [0.3, 0.4) is 0 Å². The Kier molecular flexibility index (Phi) is 3.76. The molecule has 8 nitrogen and oxygen atoms in total. The molecule has 0 spiro atoms. The molecule has 4 N–H and O–H groups in total. The molecule has 2 rings (SSSR count). The number of nitro groups is 1. The Morgan fingerprint density at radius 1 is 1.33 bits per heavy atom. The number of nitrogens with zero attached hydrogens (tertiary/aromatic N) is 3. The lowest BCUT2D eigenvalue weighted by Gasteiger charge is -2.06. The van der Waals surface area contributed by atoms with Gasteiger partial charge in [-0.15, -0.1) is 0 Å². The Bertz CT molecular complexity index is 806. The normalized spacial score (nSPS) is 10.9. The lowest BCUT2D eigenvalue weighted by atomic mass is 10.1. The van der Waals surface area contributed by atoms with E-state index >= 15 is 0 Å². The number of rotatable bonds is 4. The Morgan fingerprint density at radius 3 is 2.62 bits per heavy atom. The van der Waals surface area contributed by atoms with Gasteiger partial charge in [-0.25, -0.2) is 0 Å². The van der Waals surface area contributed by atoms with Gasteiger partial charge in [-0.1, -0.05) is 18.2 Å². The summed E-state index contributed by atoms with van der Waals surface area (Å²) in [7, 11) is 0. The third-order valence-corrected chi connectivity index (χ3v) is 2.74. The number of nitro benzene ring substituents is 1. The van der Waals surface area contributed by atoms with Gasteiger partial charge in [-0.05, 0) is 12.1 Å². The molecule has 0 saturated carbocycles. The molecule has 0 aliphatic rings. The summed E-state index contributed by atoms with van der Waals surface area (Å²) in [6, 6.07) is 11.3. The van der Waals surface area contributed by atoms with E-state index in [2.05, 4.69) is 10.5 Å². The quantitative estimate of drug-likeness (QED) is 0.340. The minimum absolute atomic E-state index is 0.0211. The molecule has 0 aromatic heterocycles. The van der Waals surface area contributed by atoms with E-state index in [1.165, 1.54) is 6.07 Å². The molecule has 104 valence electrons. The summed E-state index contributed by atoms with van der Waals surface area (Å²) in [5, 5.41) is 31.7. The maximum atomic E-state index is 11.0.